The van der Waals surface area contributed by atoms with Gasteiger partial charge in [-0.25, -0.2) is 0 Å². The third-order valence-corrected chi connectivity index (χ3v) is 4.46. The lowest BCUT2D eigenvalue weighted by molar-refractivity contribution is 0.762. The molecule has 0 saturated carbocycles. The molecule has 2 heterocycles. The minimum Gasteiger partial charge on any atom is -0.369 e. The van der Waals surface area contributed by atoms with Gasteiger partial charge in [0.15, 0.2) is 0 Å². The largest absolute Gasteiger partial charge is 0.369 e. The molecule has 0 spiro atoms. The second-order valence-electron chi connectivity index (χ2n) is 5.57. The summed E-state index contributed by atoms with van der Waals surface area (Å²) in [6, 6.07) is 17.2. The molecule has 5 nitrogen and oxygen atoms in total. The number of nitrogen functional groups attached to an aromatic ring is 1. The van der Waals surface area contributed by atoms with Gasteiger partial charge in [0, 0.05) is 10.9 Å². The SMILES string of the molecule is Nc1nc2[nH]c3ccccc3c(=S)c2c(=O)n1Cc1ccccc1. The van der Waals surface area contributed by atoms with E-state index in [-0.39, 0.29) is 11.5 Å². The summed E-state index contributed by atoms with van der Waals surface area (Å²) < 4.78 is 1.95. The molecule has 24 heavy (non-hydrogen) atoms. The van der Waals surface area contributed by atoms with Crippen molar-refractivity contribution in [2.75, 3.05) is 5.73 Å². The molecule has 118 valence electrons. The Bertz CT molecular complexity index is 1180. The third kappa shape index (κ3) is 2.28. The maximum atomic E-state index is 13.0. The molecule has 0 atom stereocenters. The van der Waals surface area contributed by atoms with Gasteiger partial charge in [0.25, 0.3) is 5.56 Å². The normalized spacial score (nSPS) is 11.2. The third-order valence-electron chi connectivity index (χ3n) is 4.03. The first-order chi connectivity index (χ1) is 11.6. The van der Waals surface area contributed by atoms with E-state index in [4.69, 9.17) is 18.0 Å². The van der Waals surface area contributed by atoms with Crippen molar-refractivity contribution in [3.63, 3.8) is 0 Å². The molecular weight excluding hydrogens is 320 g/mol. The fourth-order valence-corrected chi connectivity index (χ4v) is 3.20. The van der Waals surface area contributed by atoms with Crippen LogP contribution in [0.4, 0.5) is 5.95 Å². The zero-order valence-electron chi connectivity index (χ0n) is 12.7. The Hall–Kier alpha value is -2.99. The second kappa shape index (κ2) is 5.58. The van der Waals surface area contributed by atoms with E-state index in [2.05, 4.69) is 9.97 Å². The van der Waals surface area contributed by atoms with E-state index in [1.165, 1.54) is 4.57 Å². The Morgan fingerprint density at radius 1 is 1.08 bits per heavy atom. The first kappa shape index (κ1) is 14.6. The number of nitrogens with one attached hydrogen (secondary N) is 1. The van der Waals surface area contributed by atoms with Crippen LogP contribution in [0.3, 0.4) is 0 Å². The number of H-pyrrole nitrogens is 1. The van der Waals surface area contributed by atoms with Gasteiger partial charge >= 0.3 is 0 Å². The van der Waals surface area contributed by atoms with Crippen LogP contribution in [0.5, 0.6) is 0 Å². The van der Waals surface area contributed by atoms with Crippen LogP contribution in [0.25, 0.3) is 21.9 Å². The highest BCUT2D eigenvalue weighted by Crippen LogP contribution is 2.19. The van der Waals surface area contributed by atoms with Crippen molar-refractivity contribution >= 4 is 40.1 Å². The fourth-order valence-electron chi connectivity index (χ4n) is 2.84. The summed E-state index contributed by atoms with van der Waals surface area (Å²) in [4.78, 5) is 20.5. The van der Waals surface area contributed by atoms with E-state index in [1.54, 1.807) is 0 Å². The molecular formula is C18H14N4OS. The summed E-state index contributed by atoms with van der Waals surface area (Å²) in [6.45, 7) is 0.357. The number of rotatable bonds is 2. The first-order valence-corrected chi connectivity index (χ1v) is 7.91. The zero-order valence-corrected chi connectivity index (χ0v) is 13.5. The van der Waals surface area contributed by atoms with Crippen molar-refractivity contribution < 1.29 is 0 Å². The minimum absolute atomic E-state index is 0.164. The van der Waals surface area contributed by atoms with Gasteiger partial charge in [-0.2, -0.15) is 4.98 Å². The Kier molecular flexibility index (Phi) is 3.39. The first-order valence-electron chi connectivity index (χ1n) is 7.50. The van der Waals surface area contributed by atoms with Crippen LogP contribution in [0, 0.1) is 4.51 Å². The average molecular weight is 334 g/mol. The number of pyridine rings is 1. The minimum atomic E-state index is -0.228. The van der Waals surface area contributed by atoms with E-state index in [9.17, 15) is 4.79 Å². The predicted molar refractivity (Wildman–Crippen MR) is 98.7 cm³/mol. The van der Waals surface area contributed by atoms with Crippen molar-refractivity contribution in [3.8, 4) is 0 Å². The molecule has 2 aromatic carbocycles. The quantitative estimate of drug-likeness (QED) is 0.436. The summed E-state index contributed by atoms with van der Waals surface area (Å²) in [5.74, 6) is 0.164. The molecule has 0 amide bonds. The molecule has 0 aliphatic carbocycles. The van der Waals surface area contributed by atoms with E-state index >= 15 is 0 Å². The Morgan fingerprint density at radius 3 is 2.58 bits per heavy atom. The number of aromatic amines is 1. The molecule has 0 bridgehead atoms. The van der Waals surface area contributed by atoms with Gasteiger partial charge in [-0.05, 0) is 11.6 Å². The molecule has 0 fully saturated rings. The Morgan fingerprint density at radius 2 is 1.79 bits per heavy atom. The standard InChI is InChI=1S/C18H14N4OS/c19-18-21-16-14(15(24)12-8-4-5-9-13(12)20-16)17(23)22(18)10-11-6-2-1-3-7-11/h1-9H,10H2,(H3,19,20,21,24). The highest BCUT2D eigenvalue weighted by atomic mass is 32.1. The molecule has 0 saturated heterocycles. The van der Waals surface area contributed by atoms with E-state index in [0.29, 0.717) is 22.1 Å². The monoisotopic (exact) mass is 334 g/mol. The van der Waals surface area contributed by atoms with Gasteiger partial charge < -0.3 is 10.7 Å². The van der Waals surface area contributed by atoms with Crippen LogP contribution in [0.1, 0.15) is 5.56 Å². The smallest absolute Gasteiger partial charge is 0.266 e. The number of aromatic nitrogens is 3. The van der Waals surface area contributed by atoms with Gasteiger partial charge in [0.2, 0.25) is 5.95 Å². The highest BCUT2D eigenvalue weighted by molar-refractivity contribution is 7.72. The number of fused-ring (bicyclic) bond motifs is 2. The van der Waals surface area contributed by atoms with Crippen LogP contribution < -0.4 is 11.3 Å². The van der Waals surface area contributed by atoms with Crippen molar-refractivity contribution in [2.24, 2.45) is 0 Å². The molecule has 0 unspecified atom stereocenters. The predicted octanol–water partition coefficient (Wildman–Crippen LogP) is 3.24. The molecule has 0 aliphatic heterocycles. The van der Waals surface area contributed by atoms with Crippen LogP contribution >= 0.6 is 12.2 Å². The van der Waals surface area contributed by atoms with Gasteiger partial charge in [0.1, 0.15) is 11.0 Å². The Labute approximate surface area is 142 Å². The van der Waals surface area contributed by atoms with Crippen molar-refractivity contribution in [1.29, 1.82) is 0 Å². The van der Waals surface area contributed by atoms with Gasteiger partial charge in [-0.3, -0.25) is 9.36 Å². The van der Waals surface area contributed by atoms with Crippen molar-refractivity contribution in [2.45, 2.75) is 6.54 Å². The lowest BCUT2D eigenvalue weighted by atomic mass is 10.2. The fraction of sp³-hybridized carbons (Fsp3) is 0.0556. The maximum absolute atomic E-state index is 13.0. The van der Waals surface area contributed by atoms with E-state index < -0.39 is 0 Å². The molecule has 2 aromatic heterocycles. The maximum Gasteiger partial charge on any atom is 0.266 e. The number of hydrogen-bond donors (Lipinski definition) is 2. The van der Waals surface area contributed by atoms with Crippen LogP contribution in [0.2, 0.25) is 0 Å². The van der Waals surface area contributed by atoms with E-state index in [1.807, 2.05) is 54.6 Å². The number of benzene rings is 2. The summed E-state index contributed by atoms with van der Waals surface area (Å²) >= 11 is 5.54. The lowest BCUT2D eigenvalue weighted by Crippen LogP contribution is -2.25. The molecule has 6 heteroatoms. The summed E-state index contributed by atoms with van der Waals surface area (Å²) in [7, 11) is 0. The summed E-state index contributed by atoms with van der Waals surface area (Å²) in [6.07, 6.45) is 0. The van der Waals surface area contributed by atoms with Crippen LogP contribution in [0.15, 0.2) is 59.4 Å². The van der Waals surface area contributed by atoms with Crippen LogP contribution in [-0.2, 0) is 6.54 Å². The second-order valence-corrected chi connectivity index (χ2v) is 5.98. The number of hydrogen-bond acceptors (Lipinski definition) is 4. The van der Waals surface area contributed by atoms with E-state index in [0.717, 1.165) is 16.5 Å². The number of nitrogens with zero attached hydrogens (tertiary/aromatic N) is 2. The average Bonchev–Trinajstić information content (AvgIpc) is 2.59. The lowest BCUT2D eigenvalue weighted by Gasteiger charge is -2.11. The number of para-hydroxylation sites is 1. The molecule has 4 rings (SSSR count). The van der Waals surface area contributed by atoms with Gasteiger partial charge in [-0.15, -0.1) is 0 Å². The zero-order chi connectivity index (χ0) is 16.7. The van der Waals surface area contributed by atoms with Crippen LogP contribution in [-0.4, -0.2) is 14.5 Å². The number of nitrogens with two attached hydrogens (primary N) is 1. The van der Waals surface area contributed by atoms with Crippen molar-refractivity contribution in [3.05, 3.63) is 75.0 Å². The summed E-state index contributed by atoms with van der Waals surface area (Å²) in [5, 5.41) is 1.23. The van der Waals surface area contributed by atoms with Crippen molar-refractivity contribution in [1.82, 2.24) is 14.5 Å². The topological polar surface area (TPSA) is 76.7 Å². The molecule has 4 aromatic rings. The molecule has 0 radical (unpaired) electrons. The van der Waals surface area contributed by atoms with Gasteiger partial charge in [-0.1, -0.05) is 60.7 Å². The Balaban J connectivity index is 2.03. The molecule has 0 aliphatic rings. The molecule has 3 N–H and O–H groups in total. The highest BCUT2D eigenvalue weighted by Gasteiger charge is 2.13. The number of anilines is 1. The van der Waals surface area contributed by atoms with Gasteiger partial charge in [0.05, 0.1) is 11.1 Å². The summed E-state index contributed by atoms with van der Waals surface area (Å²) in [5.41, 5.74) is 8.03.